The van der Waals surface area contributed by atoms with E-state index < -0.39 is 0 Å². The molecule has 0 aliphatic carbocycles. The normalized spacial score (nSPS) is 9.60. The Hall–Kier alpha value is -1.92. The summed E-state index contributed by atoms with van der Waals surface area (Å²) in [6.45, 7) is 0. The zero-order chi connectivity index (χ0) is 10.7. The second kappa shape index (κ2) is 4.07. The van der Waals surface area contributed by atoms with Crippen LogP contribution in [0.15, 0.2) is 36.7 Å². The van der Waals surface area contributed by atoms with Gasteiger partial charge in [0.15, 0.2) is 0 Å². The van der Waals surface area contributed by atoms with E-state index in [2.05, 4.69) is 16.0 Å². The number of nitriles is 1. The zero-order valence-corrected chi connectivity index (χ0v) is 8.44. The minimum absolute atomic E-state index is 0.368. The van der Waals surface area contributed by atoms with E-state index in [1.165, 1.54) is 0 Å². The Morgan fingerprint density at radius 1 is 1.27 bits per heavy atom. The van der Waals surface area contributed by atoms with Gasteiger partial charge in [-0.3, -0.25) is 4.98 Å². The smallest absolute Gasteiger partial charge is 0.129 e. The highest BCUT2D eigenvalue weighted by molar-refractivity contribution is 6.29. The van der Waals surface area contributed by atoms with Crippen LogP contribution in [-0.4, -0.2) is 9.97 Å². The monoisotopic (exact) mass is 215 g/mol. The molecule has 0 N–H and O–H groups in total. The van der Waals surface area contributed by atoms with Crippen molar-refractivity contribution in [3.05, 3.63) is 47.4 Å². The Labute approximate surface area is 92.0 Å². The van der Waals surface area contributed by atoms with E-state index in [-0.39, 0.29) is 0 Å². The summed E-state index contributed by atoms with van der Waals surface area (Å²) in [4.78, 5) is 8.09. The van der Waals surface area contributed by atoms with Crippen molar-refractivity contribution < 1.29 is 0 Å². The molecule has 0 saturated carbocycles. The maximum absolute atomic E-state index is 8.92. The van der Waals surface area contributed by atoms with Crippen molar-refractivity contribution in [3.63, 3.8) is 0 Å². The lowest BCUT2D eigenvalue weighted by Gasteiger charge is -2.02. The second-order valence-corrected chi connectivity index (χ2v) is 3.27. The topological polar surface area (TPSA) is 49.6 Å². The third-order valence-corrected chi connectivity index (χ3v) is 2.13. The first-order chi connectivity index (χ1) is 7.31. The molecule has 0 amide bonds. The summed E-state index contributed by atoms with van der Waals surface area (Å²) in [6, 6.07) is 8.95. The molecule has 0 aromatic carbocycles. The van der Waals surface area contributed by atoms with Crippen molar-refractivity contribution in [1.82, 2.24) is 9.97 Å². The van der Waals surface area contributed by atoms with Crippen LogP contribution >= 0.6 is 11.6 Å². The SMILES string of the molecule is N#Cc1ccc(Cl)nc1-c1cccnc1. The van der Waals surface area contributed by atoms with Gasteiger partial charge in [-0.1, -0.05) is 11.6 Å². The molecule has 0 aliphatic heterocycles. The number of nitrogens with zero attached hydrogens (tertiary/aromatic N) is 3. The van der Waals surface area contributed by atoms with Crippen LogP contribution in [0.4, 0.5) is 0 Å². The molecule has 0 fully saturated rings. The molecule has 2 rings (SSSR count). The average Bonchev–Trinajstić information content (AvgIpc) is 2.30. The third kappa shape index (κ3) is 1.95. The molecule has 0 atom stereocenters. The molecule has 0 unspecified atom stereocenters. The predicted molar refractivity (Wildman–Crippen MR) is 57.2 cm³/mol. The van der Waals surface area contributed by atoms with E-state index >= 15 is 0 Å². The van der Waals surface area contributed by atoms with Crippen molar-refractivity contribution in [1.29, 1.82) is 5.26 Å². The van der Waals surface area contributed by atoms with Gasteiger partial charge in [0.25, 0.3) is 0 Å². The van der Waals surface area contributed by atoms with Gasteiger partial charge in [0.1, 0.15) is 11.2 Å². The van der Waals surface area contributed by atoms with Gasteiger partial charge < -0.3 is 0 Å². The van der Waals surface area contributed by atoms with E-state index in [0.717, 1.165) is 5.56 Å². The summed E-state index contributed by atoms with van der Waals surface area (Å²) < 4.78 is 0. The van der Waals surface area contributed by atoms with Gasteiger partial charge in [0, 0.05) is 18.0 Å². The van der Waals surface area contributed by atoms with E-state index in [1.807, 2.05) is 6.07 Å². The number of halogens is 1. The lowest BCUT2D eigenvalue weighted by molar-refractivity contribution is 1.26. The fourth-order valence-electron chi connectivity index (χ4n) is 1.25. The average molecular weight is 216 g/mol. The molecule has 0 aliphatic rings. The van der Waals surface area contributed by atoms with Crippen molar-refractivity contribution >= 4 is 11.6 Å². The molecular weight excluding hydrogens is 210 g/mol. The van der Waals surface area contributed by atoms with Crippen LogP contribution in [0.1, 0.15) is 5.56 Å². The van der Waals surface area contributed by atoms with E-state index in [0.29, 0.717) is 16.4 Å². The van der Waals surface area contributed by atoms with E-state index in [9.17, 15) is 0 Å². The molecule has 15 heavy (non-hydrogen) atoms. The Bertz CT molecular complexity index is 517. The van der Waals surface area contributed by atoms with Crippen LogP contribution in [0.2, 0.25) is 5.15 Å². The molecule has 2 aromatic heterocycles. The number of aromatic nitrogens is 2. The molecule has 4 heteroatoms. The molecule has 3 nitrogen and oxygen atoms in total. The summed E-state index contributed by atoms with van der Waals surface area (Å²) in [5.41, 5.74) is 1.85. The van der Waals surface area contributed by atoms with Gasteiger partial charge in [-0.2, -0.15) is 5.26 Å². The third-order valence-electron chi connectivity index (χ3n) is 1.92. The summed E-state index contributed by atoms with van der Waals surface area (Å²) in [6.07, 6.45) is 3.32. The number of pyridine rings is 2. The van der Waals surface area contributed by atoms with Gasteiger partial charge >= 0.3 is 0 Å². The van der Waals surface area contributed by atoms with Crippen molar-refractivity contribution in [2.24, 2.45) is 0 Å². The number of hydrogen-bond donors (Lipinski definition) is 0. The minimum atomic E-state index is 0.368. The Morgan fingerprint density at radius 2 is 2.13 bits per heavy atom. The van der Waals surface area contributed by atoms with Gasteiger partial charge in [-0.05, 0) is 24.3 Å². The molecule has 0 saturated heterocycles. The lowest BCUT2D eigenvalue weighted by Crippen LogP contribution is -1.89. The van der Waals surface area contributed by atoms with E-state index in [1.54, 1.807) is 30.6 Å². The molecule has 0 radical (unpaired) electrons. The van der Waals surface area contributed by atoms with Crippen molar-refractivity contribution in [2.45, 2.75) is 0 Å². The van der Waals surface area contributed by atoms with Gasteiger partial charge in [0.2, 0.25) is 0 Å². The number of hydrogen-bond acceptors (Lipinski definition) is 3. The van der Waals surface area contributed by atoms with Crippen LogP contribution in [0.3, 0.4) is 0 Å². The lowest BCUT2D eigenvalue weighted by atomic mass is 10.1. The molecule has 72 valence electrons. The first-order valence-electron chi connectivity index (χ1n) is 4.28. The second-order valence-electron chi connectivity index (χ2n) is 2.88. The highest BCUT2D eigenvalue weighted by Crippen LogP contribution is 2.21. The summed E-state index contributed by atoms with van der Waals surface area (Å²) in [5, 5.41) is 9.29. The van der Waals surface area contributed by atoms with Crippen molar-refractivity contribution in [3.8, 4) is 17.3 Å². The maximum atomic E-state index is 8.92. The first-order valence-corrected chi connectivity index (χ1v) is 4.66. The largest absolute Gasteiger partial charge is 0.264 e. The molecule has 0 spiro atoms. The van der Waals surface area contributed by atoms with Gasteiger partial charge in [0.05, 0.1) is 11.3 Å². The Kier molecular flexibility index (Phi) is 2.61. The van der Waals surface area contributed by atoms with Crippen molar-refractivity contribution in [2.75, 3.05) is 0 Å². The molecule has 2 aromatic rings. The van der Waals surface area contributed by atoms with Gasteiger partial charge in [-0.15, -0.1) is 0 Å². The summed E-state index contributed by atoms with van der Waals surface area (Å²) >= 11 is 5.78. The van der Waals surface area contributed by atoms with Crippen LogP contribution in [0.25, 0.3) is 11.3 Å². The number of rotatable bonds is 1. The zero-order valence-electron chi connectivity index (χ0n) is 7.68. The molecule has 0 bridgehead atoms. The highest BCUT2D eigenvalue weighted by atomic mass is 35.5. The standard InChI is InChI=1S/C11H6ClN3/c12-10-4-3-8(6-13)11(15-10)9-2-1-5-14-7-9/h1-5,7H. The molecule has 2 heterocycles. The molecular formula is C11H6ClN3. The Morgan fingerprint density at radius 3 is 2.80 bits per heavy atom. The fourth-order valence-corrected chi connectivity index (χ4v) is 1.40. The van der Waals surface area contributed by atoms with Crippen LogP contribution in [0.5, 0.6) is 0 Å². The predicted octanol–water partition coefficient (Wildman–Crippen LogP) is 2.67. The summed E-state index contributed by atoms with van der Waals surface area (Å²) in [5.74, 6) is 0. The van der Waals surface area contributed by atoms with Crippen LogP contribution in [-0.2, 0) is 0 Å². The Balaban J connectivity index is 2.62. The highest BCUT2D eigenvalue weighted by Gasteiger charge is 2.06. The maximum Gasteiger partial charge on any atom is 0.129 e. The van der Waals surface area contributed by atoms with Crippen LogP contribution < -0.4 is 0 Å². The summed E-state index contributed by atoms with van der Waals surface area (Å²) in [7, 11) is 0. The quantitative estimate of drug-likeness (QED) is 0.688. The van der Waals surface area contributed by atoms with Crippen LogP contribution in [0, 0.1) is 11.3 Å². The fraction of sp³-hybridized carbons (Fsp3) is 0. The first kappa shape index (κ1) is 9.63. The minimum Gasteiger partial charge on any atom is -0.264 e. The van der Waals surface area contributed by atoms with E-state index in [4.69, 9.17) is 16.9 Å². The van der Waals surface area contributed by atoms with Gasteiger partial charge in [-0.25, -0.2) is 4.98 Å².